The molecule has 4 heteroatoms. The number of hydrogen-bond donors (Lipinski definition) is 0. The molecular weight excluding hydrogens is 351 g/mol. The molecule has 0 atom stereocenters. The zero-order valence-electron chi connectivity index (χ0n) is 9.89. The van der Waals surface area contributed by atoms with Gasteiger partial charge in [0.2, 0.25) is 0 Å². The Morgan fingerprint density at radius 2 is 2.00 bits per heavy atom. The van der Waals surface area contributed by atoms with Gasteiger partial charge in [0, 0.05) is 29.3 Å². The van der Waals surface area contributed by atoms with Gasteiger partial charge >= 0.3 is 0 Å². The van der Waals surface area contributed by atoms with Crippen molar-refractivity contribution in [1.82, 2.24) is 0 Å². The van der Waals surface area contributed by atoms with Crippen LogP contribution in [0.15, 0.2) is 24.3 Å². The Kier molecular flexibility index (Phi) is 6.67. The average Bonchev–Trinajstić information content (AvgIpc) is 2.35. The molecule has 0 aromatic heterocycles. The summed E-state index contributed by atoms with van der Waals surface area (Å²) in [6.07, 6.45) is 0.862. The molecule has 0 bridgehead atoms. The molecule has 17 heavy (non-hydrogen) atoms. The second kappa shape index (κ2) is 7.49. The van der Waals surface area contributed by atoms with Gasteiger partial charge in [-0.05, 0) is 31.0 Å². The van der Waals surface area contributed by atoms with E-state index >= 15 is 0 Å². The van der Waals surface area contributed by atoms with E-state index in [0.717, 1.165) is 22.6 Å². The fraction of sp³-hybridized carbons (Fsp3) is 0.538. The fourth-order valence-electron chi connectivity index (χ4n) is 1.70. The highest BCUT2D eigenvalue weighted by molar-refractivity contribution is 9.09. The molecule has 0 aliphatic heterocycles. The first-order valence-electron chi connectivity index (χ1n) is 5.64. The lowest BCUT2D eigenvalue weighted by Crippen LogP contribution is -2.32. The van der Waals surface area contributed by atoms with E-state index in [1.54, 1.807) is 12.1 Å². The third kappa shape index (κ3) is 4.04. The maximum atomic E-state index is 13.3. The Hall–Kier alpha value is 0.0700. The molecule has 1 aromatic carbocycles. The Labute approximate surface area is 119 Å². The van der Waals surface area contributed by atoms with Gasteiger partial charge in [-0.15, -0.1) is 0 Å². The molecular formula is C13H17Br2FO. The molecule has 0 saturated carbocycles. The summed E-state index contributed by atoms with van der Waals surface area (Å²) in [6, 6.07) is 6.80. The standard InChI is InChI=1S/C13H17Br2FO/c1-2-17-7-6-13(9-14,10-15)11-4-3-5-12(16)8-11/h3-5,8H,2,6-7,9-10H2,1H3. The van der Waals surface area contributed by atoms with E-state index in [1.165, 1.54) is 6.07 Å². The zero-order chi connectivity index (χ0) is 12.7. The molecule has 0 amide bonds. The highest BCUT2D eigenvalue weighted by atomic mass is 79.9. The summed E-state index contributed by atoms with van der Waals surface area (Å²) in [4.78, 5) is 0. The van der Waals surface area contributed by atoms with E-state index in [9.17, 15) is 4.39 Å². The van der Waals surface area contributed by atoms with E-state index < -0.39 is 0 Å². The molecule has 0 heterocycles. The Balaban J connectivity index is 2.89. The van der Waals surface area contributed by atoms with Gasteiger partial charge in [-0.25, -0.2) is 4.39 Å². The molecule has 0 fully saturated rings. The first-order chi connectivity index (χ1) is 8.18. The second-order valence-electron chi connectivity index (χ2n) is 4.00. The minimum Gasteiger partial charge on any atom is -0.382 e. The Morgan fingerprint density at radius 3 is 2.53 bits per heavy atom. The van der Waals surface area contributed by atoms with Gasteiger partial charge in [-0.2, -0.15) is 0 Å². The Bertz CT molecular complexity index is 340. The number of benzene rings is 1. The number of hydrogen-bond acceptors (Lipinski definition) is 1. The quantitative estimate of drug-likeness (QED) is 0.516. The highest BCUT2D eigenvalue weighted by Crippen LogP contribution is 2.32. The van der Waals surface area contributed by atoms with Crippen molar-refractivity contribution in [1.29, 1.82) is 0 Å². The summed E-state index contributed by atoms with van der Waals surface area (Å²) in [5.41, 5.74) is 0.892. The lowest BCUT2D eigenvalue weighted by Gasteiger charge is -2.30. The molecule has 0 spiro atoms. The summed E-state index contributed by atoms with van der Waals surface area (Å²) < 4.78 is 18.7. The SMILES string of the molecule is CCOCCC(CBr)(CBr)c1cccc(F)c1. The summed E-state index contributed by atoms with van der Waals surface area (Å²) in [7, 11) is 0. The van der Waals surface area contributed by atoms with Gasteiger partial charge in [-0.3, -0.25) is 0 Å². The molecule has 0 radical (unpaired) electrons. The van der Waals surface area contributed by atoms with Crippen LogP contribution in [-0.2, 0) is 10.2 Å². The van der Waals surface area contributed by atoms with E-state index in [0.29, 0.717) is 13.2 Å². The highest BCUT2D eigenvalue weighted by Gasteiger charge is 2.30. The first-order valence-corrected chi connectivity index (χ1v) is 7.88. The largest absolute Gasteiger partial charge is 0.382 e. The van der Waals surface area contributed by atoms with Gasteiger partial charge < -0.3 is 4.74 Å². The smallest absolute Gasteiger partial charge is 0.123 e. The van der Waals surface area contributed by atoms with Crippen molar-refractivity contribution in [2.24, 2.45) is 0 Å². The van der Waals surface area contributed by atoms with E-state index in [4.69, 9.17) is 4.74 Å². The van der Waals surface area contributed by atoms with Crippen molar-refractivity contribution in [3.8, 4) is 0 Å². The minimum atomic E-state index is -0.190. The number of ether oxygens (including phenoxy) is 1. The van der Waals surface area contributed by atoms with Crippen LogP contribution in [0.25, 0.3) is 0 Å². The molecule has 1 nitrogen and oxygen atoms in total. The molecule has 0 N–H and O–H groups in total. The van der Waals surface area contributed by atoms with Crippen LogP contribution >= 0.6 is 31.9 Å². The topological polar surface area (TPSA) is 9.23 Å². The fourth-order valence-corrected chi connectivity index (χ4v) is 3.84. The number of alkyl halides is 2. The van der Waals surface area contributed by atoms with Crippen LogP contribution in [0.5, 0.6) is 0 Å². The number of rotatable bonds is 7. The van der Waals surface area contributed by atoms with Crippen LogP contribution in [0.4, 0.5) is 4.39 Å². The molecule has 1 rings (SSSR count). The van der Waals surface area contributed by atoms with Gasteiger partial charge in [0.15, 0.2) is 0 Å². The third-order valence-corrected chi connectivity index (χ3v) is 5.02. The first kappa shape index (κ1) is 15.1. The van der Waals surface area contributed by atoms with Gasteiger partial charge in [0.25, 0.3) is 0 Å². The van der Waals surface area contributed by atoms with Crippen LogP contribution < -0.4 is 0 Å². The lowest BCUT2D eigenvalue weighted by molar-refractivity contribution is 0.131. The van der Waals surface area contributed by atoms with Crippen LogP contribution in [0, 0.1) is 5.82 Å². The average molecular weight is 368 g/mol. The summed E-state index contributed by atoms with van der Waals surface area (Å²) in [6.45, 7) is 3.38. The van der Waals surface area contributed by atoms with Crippen molar-refractivity contribution in [3.63, 3.8) is 0 Å². The monoisotopic (exact) mass is 366 g/mol. The molecule has 0 unspecified atom stereocenters. The lowest BCUT2D eigenvalue weighted by atomic mass is 9.81. The van der Waals surface area contributed by atoms with E-state index in [2.05, 4.69) is 31.9 Å². The van der Waals surface area contributed by atoms with Crippen LogP contribution in [0.3, 0.4) is 0 Å². The summed E-state index contributed by atoms with van der Waals surface area (Å²) >= 11 is 7.08. The maximum absolute atomic E-state index is 13.3. The van der Waals surface area contributed by atoms with E-state index in [1.807, 2.05) is 13.0 Å². The van der Waals surface area contributed by atoms with Gasteiger partial charge in [0.1, 0.15) is 5.82 Å². The summed E-state index contributed by atoms with van der Waals surface area (Å²) in [5, 5.41) is 1.56. The molecule has 1 aromatic rings. The van der Waals surface area contributed by atoms with Crippen molar-refractivity contribution >= 4 is 31.9 Å². The van der Waals surface area contributed by atoms with Crippen LogP contribution in [0.1, 0.15) is 18.9 Å². The maximum Gasteiger partial charge on any atom is 0.123 e. The van der Waals surface area contributed by atoms with Crippen molar-refractivity contribution in [2.75, 3.05) is 23.9 Å². The van der Waals surface area contributed by atoms with Crippen LogP contribution in [0.2, 0.25) is 0 Å². The van der Waals surface area contributed by atoms with Gasteiger partial charge in [0.05, 0.1) is 0 Å². The molecule has 0 saturated heterocycles. The molecule has 96 valence electrons. The van der Waals surface area contributed by atoms with Crippen molar-refractivity contribution < 1.29 is 9.13 Å². The number of halogens is 3. The summed E-state index contributed by atoms with van der Waals surface area (Å²) in [5.74, 6) is -0.190. The van der Waals surface area contributed by atoms with E-state index in [-0.39, 0.29) is 11.2 Å². The second-order valence-corrected chi connectivity index (χ2v) is 5.13. The van der Waals surface area contributed by atoms with Crippen molar-refractivity contribution in [3.05, 3.63) is 35.6 Å². The third-order valence-electron chi connectivity index (χ3n) is 2.88. The minimum absolute atomic E-state index is 0.114. The van der Waals surface area contributed by atoms with Crippen molar-refractivity contribution in [2.45, 2.75) is 18.8 Å². The van der Waals surface area contributed by atoms with Crippen LogP contribution in [-0.4, -0.2) is 23.9 Å². The normalized spacial score (nSPS) is 11.8. The molecule has 0 aliphatic carbocycles. The predicted molar refractivity (Wildman–Crippen MR) is 76.8 cm³/mol. The van der Waals surface area contributed by atoms with Gasteiger partial charge in [-0.1, -0.05) is 44.0 Å². The zero-order valence-corrected chi connectivity index (χ0v) is 13.1. The Morgan fingerprint density at radius 1 is 1.29 bits per heavy atom. The molecule has 0 aliphatic rings. The predicted octanol–water partition coefficient (Wildman–Crippen LogP) is 4.28.